The lowest BCUT2D eigenvalue weighted by atomic mass is 10.1. The highest BCUT2D eigenvalue weighted by Crippen LogP contribution is 2.32. The van der Waals surface area contributed by atoms with Crippen molar-refractivity contribution in [2.24, 2.45) is 10.2 Å². The molecule has 0 saturated carbocycles. The van der Waals surface area contributed by atoms with Crippen LogP contribution < -0.4 is 10.2 Å². The Labute approximate surface area is 200 Å². The number of nitrogens with one attached hydrogen (secondary N) is 1. The fourth-order valence-corrected chi connectivity index (χ4v) is 6.19. The van der Waals surface area contributed by atoms with Gasteiger partial charge in [-0.1, -0.05) is 30.0 Å². The van der Waals surface area contributed by atoms with Crippen LogP contribution in [0.4, 0.5) is 11.4 Å². The predicted octanol–water partition coefficient (Wildman–Crippen LogP) is 1.89. The van der Waals surface area contributed by atoms with E-state index in [4.69, 9.17) is 4.74 Å². The maximum Gasteiger partial charge on any atom is 0.276 e. The van der Waals surface area contributed by atoms with Gasteiger partial charge in [0.2, 0.25) is 15.9 Å². The van der Waals surface area contributed by atoms with E-state index in [9.17, 15) is 18.0 Å². The molecule has 2 fully saturated rings. The largest absolute Gasteiger partial charge is 0.379 e. The highest BCUT2D eigenvalue weighted by atomic mass is 32.2. The van der Waals surface area contributed by atoms with Crippen molar-refractivity contribution in [2.45, 2.75) is 17.1 Å². The summed E-state index contributed by atoms with van der Waals surface area (Å²) in [6.07, 6.45) is 0. The molecule has 2 saturated heterocycles. The number of fused-ring (bicyclic) bond motifs is 1. The molecule has 5 rings (SSSR count). The second-order valence-electron chi connectivity index (χ2n) is 7.78. The minimum Gasteiger partial charge on any atom is -0.379 e. The number of thioether (sulfide) groups is 1. The van der Waals surface area contributed by atoms with Gasteiger partial charge in [-0.2, -0.15) is 4.31 Å². The summed E-state index contributed by atoms with van der Waals surface area (Å²) in [7, 11) is -3.75. The Morgan fingerprint density at radius 2 is 1.79 bits per heavy atom. The van der Waals surface area contributed by atoms with Gasteiger partial charge >= 0.3 is 0 Å². The van der Waals surface area contributed by atoms with Gasteiger partial charge in [0.25, 0.3) is 5.91 Å². The molecule has 2 amide bonds. The van der Waals surface area contributed by atoms with Gasteiger partial charge in [-0.15, -0.1) is 10.2 Å². The minimum absolute atomic E-state index is 0.0119. The number of hydrogen-bond acceptors (Lipinski definition) is 8. The molecule has 3 aliphatic heterocycles. The number of carbonyl (C=O) groups excluding carboxylic acids is 2. The molecule has 0 radical (unpaired) electrons. The second kappa shape index (κ2) is 8.95. The Hall–Kier alpha value is -3.06. The molecule has 0 aromatic heterocycles. The minimum atomic E-state index is -3.75. The third-order valence-electron chi connectivity index (χ3n) is 5.61. The number of ether oxygens (including phenoxy) is 1. The van der Waals surface area contributed by atoms with Gasteiger partial charge < -0.3 is 10.1 Å². The third kappa shape index (κ3) is 4.02. The highest BCUT2D eigenvalue weighted by Gasteiger charge is 2.37. The summed E-state index contributed by atoms with van der Waals surface area (Å²) in [6, 6.07) is 13.5. The summed E-state index contributed by atoms with van der Waals surface area (Å²) < 4.78 is 32.7. The zero-order chi connectivity index (χ0) is 23.9. The quantitative estimate of drug-likeness (QED) is 0.642. The molecule has 176 valence electrons. The van der Waals surface area contributed by atoms with Crippen molar-refractivity contribution in [3.8, 4) is 0 Å². The lowest BCUT2D eigenvalue weighted by Crippen LogP contribution is -2.40. The van der Waals surface area contributed by atoms with Gasteiger partial charge in [0.05, 0.1) is 34.7 Å². The predicted molar refractivity (Wildman–Crippen MR) is 130 cm³/mol. The van der Waals surface area contributed by atoms with E-state index in [1.54, 1.807) is 25.1 Å². The average molecular weight is 500 g/mol. The van der Waals surface area contributed by atoms with Crippen LogP contribution in [-0.4, -0.2) is 67.0 Å². The van der Waals surface area contributed by atoms with Gasteiger partial charge in [0.15, 0.2) is 10.9 Å². The summed E-state index contributed by atoms with van der Waals surface area (Å²) in [6.45, 7) is 2.98. The number of amidine groups is 1. The molecule has 1 unspecified atom stereocenters. The van der Waals surface area contributed by atoms with Gasteiger partial charge in [0, 0.05) is 18.7 Å². The van der Waals surface area contributed by atoms with Crippen molar-refractivity contribution in [3.05, 3.63) is 54.1 Å². The molecule has 2 aromatic carbocycles. The number of nitrogens with zero attached hydrogens (tertiary/aromatic N) is 4. The first-order valence-corrected chi connectivity index (χ1v) is 12.9. The number of benzene rings is 2. The number of hydrogen-bond donors (Lipinski definition) is 1. The normalized spacial score (nSPS) is 23.6. The monoisotopic (exact) mass is 499 g/mol. The van der Waals surface area contributed by atoms with Crippen LogP contribution in [0.1, 0.15) is 12.5 Å². The van der Waals surface area contributed by atoms with Crippen molar-refractivity contribution < 1.29 is 22.7 Å². The van der Waals surface area contributed by atoms with Gasteiger partial charge in [-0.3, -0.25) is 14.5 Å². The molecule has 0 aliphatic carbocycles. The number of morpholine rings is 1. The molecule has 0 spiro atoms. The van der Waals surface area contributed by atoms with Gasteiger partial charge in [-0.05, 0) is 37.3 Å². The summed E-state index contributed by atoms with van der Waals surface area (Å²) in [5, 5.41) is 11.1. The van der Waals surface area contributed by atoms with Crippen LogP contribution in [0.15, 0.2) is 63.6 Å². The molecule has 1 atom stereocenters. The summed E-state index contributed by atoms with van der Waals surface area (Å²) in [5.74, 6) is -0.626. The molecular weight excluding hydrogens is 478 g/mol. The van der Waals surface area contributed by atoms with Crippen molar-refractivity contribution in [1.29, 1.82) is 0 Å². The van der Waals surface area contributed by atoms with Crippen LogP contribution in [0, 0.1) is 0 Å². The zero-order valence-corrected chi connectivity index (χ0v) is 19.8. The first-order chi connectivity index (χ1) is 16.4. The van der Waals surface area contributed by atoms with E-state index in [1.165, 1.54) is 33.1 Å². The lowest BCUT2D eigenvalue weighted by molar-refractivity contribution is -0.116. The Balaban J connectivity index is 1.50. The van der Waals surface area contributed by atoms with Crippen LogP contribution in [0.2, 0.25) is 0 Å². The topological polar surface area (TPSA) is 121 Å². The Morgan fingerprint density at radius 1 is 1.06 bits per heavy atom. The maximum absolute atomic E-state index is 13.1. The van der Waals surface area contributed by atoms with E-state index in [0.717, 1.165) is 0 Å². The molecule has 0 bridgehead atoms. The van der Waals surface area contributed by atoms with Gasteiger partial charge in [0.1, 0.15) is 0 Å². The molecule has 10 nitrogen and oxygen atoms in total. The summed E-state index contributed by atoms with van der Waals surface area (Å²) in [4.78, 5) is 26.8. The molecule has 3 heterocycles. The molecular formula is C22H21N5O5S2. The summed E-state index contributed by atoms with van der Waals surface area (Å²) in [5.41, 5.74) is 1.44. The van der Waals surface area contributed by atoms with Crippen LogP contribution in [0.3, 0.4) is 0 Å². The molecule has 34 heavy (non-hydrogen) atoms. The fraction of sp³-hybridized carbons (Fsp3) is 0.273. The Morgan fingerprint density at radius 3 is 2.53 bits per heavy atom. The standard InChI is InChI=1S/C22H21N5O5S2/c1-14-21(29)27(15-5-3-2-4-6-15)22(33-14)25-24-19-17-13-16(7-8-18(17)23-20(19)28)34(30,31)26-9-11-32-12-10-26/h2-8,13-14H,9-12H2,1H3,(H,23,24,28)/b25-22+. The Kier molecular flexibility index (Phi) is 5.98. The van der Waals surface area contributed by atoms with Gasteiger partial charge in [-0.25, -0.2) is 8.42 Å². The van der Waals surface area contributed by atoms with E-state index < -0.39 is 15.9 Å². The lowest BCUT2D eigenvalue weighted by Gasteiger charge is -2.26. The third-order valence-corrected chi connectivity index (χ3v) is 8.53. The van der Waals surface area contributed by atoms with Crippen LogP contribution >= 0.6 is 11.8 Å². The molecule has 1 N–H and O–H groups in total. The Bertz CT molecular complexity index is 1320. The van der Waals surface area contributed by atoms with E-state index in [1.807, 2.05) is 18.2 Å². The second-order valence-corrected chi connectivity index (χ2v) is 11.0. The first-order valence-electron chi connectivity index (χ1n) is 10.6. The number of sulfonamides is 1. The molecule has 3 aliphatic rings. The van der Waals surface area contributed by atoms with Crippen molar-refractivity contribution in [3.63, 3.8) is 0 Å². The smallest absolute Gasteiger partial charge is 0.276 e. The number of amides is 2. The van der Waals surface area contributed by atoms with E-state index in [2.05, 4.69) is 15.5 Å². The van der Waals surface area contributed by atoms with Crippen molar-refractivity contribution in [2.75, 3.05) is 36.5 Å². The number of para-hydroxylation sites is 1. The summed E-state index contributed by atoms with van der Waals surface area (Å²) >= 11 is 1.24. The molecule has 2 aromatic rings. The fourth-order valence-electron chi connectivity index (χ4n) is 3.84. The average Bonchev–Trinajstić information content (AvgIpc) is 3.32. The van der Waals surface area contributed by atoms with Crippen LogP contribution in [0.25, 0.3) is 0 Å². The zero-order valence-electron chi connectivity index (χ0n) is 18.2. The van der Waals surface area contributed by atoms with Crippen LogP contribution in [-0.2, 0) is 24.3 Å². The number of anilines is 2. The van der Waals surface area contributed by atoms with Crippen molar-refractivity contribution >= 4 is 55.9 Å². The van der Waals surface area contributed by atoms with E-state index in [0.29, 0.717) is 35.3 Å². The number of carbonyl (C=O) groups is 2. The number of rotatable bonds is 4. The van der Waals surface area contributed by atoms with Crippen LogP contribution in [0.5, 0.6) is 0 Å². The maximum atomic E-state index is 13.1. The highest BCUT2D eigenvalue weighted by molar-refractivity contribution is 8.16. The SMILES string of the molecule is CC1S/C(=N/N=C2\C(=O)Nc3ccc(S(=O)(=O)N4CCOCC4)cc32)N(c2ccccc2)C1=O. The van der Waals surface area contributed by atoms with Crippen molar-refractivity contribution in [1.82, 2.24) is 4.31 Å². The first kappa shape index (κ1) is 22.7. The molecule has 12 heteroatoms. The van der Waals surface area contributed by atoms with E-state index >= 15 is 0 Å². The van der Waals surface area contributed by atoms with E-state index in [-0.39, 0.29) is 34.9 Å².